The number of carbonyl (C=O) groups is 1. The second-order valence-corrected chi connectivity index (χ2v) is 6.25. The SMILES string of the molecule is CCCCCCC/C=C/C(=O)OCCCCCCCCCC. The highest BCUT2D eigenvalue weighted by molar-refractivity contribution is 5.81. The van der Waals surface area contributed by atoms with Gasteiger partial charge in [-0.25, -0.2) is 4.79 Å². The molecule has 0 aliphatic carbocycles. The van der Waals surface area contributed by atoms with Gasteiger partial charge >= 0.3 is 5.97 Å². The molecule has 0 atom stereocenters. The molecular formula is C20H38O2. The molecule has 0 N–H and O–H groups in total. The summed E-state index contributed by atoms with van der Waals surface area (Å²) in [6.45, 7) is 5.05. The molecule has 0 bridgehead atoms. The van der Waals surface area contributed by atoms with Gasteiger partial charge < -0.3 is 4.74 Å². The van der Waals surface area contributed by atoms with Crippen LogP contribution >= 0.6 is 0 Å². The van der Waals surface area contributed by atoms with Crippen molar-refractivity contribution in [2.45, 2.75) is 104 Å². The van der Waals surface area contributed by atoms with Crippen LogP contribution in [0.1, 0.15) is 104 Å². The average molecular weight is 311 g/mol. The van der Waals surface area contributed by atoms with Crippen LogP contribution in [-0.4, -0.2) is 12.6 Å². The lowest BCUT2D eigenvalue weighted by Gasteiger charge is -2.03. The fourth-order valence-corrected chi connectivity index (χ4v) is 2.50. The van der Waals surface area contributed by atoms with Crippen LogP contribution in [0, 0.1) is 0 Å². The quantitative estimate of drug-likeness (QED) is 0.183. The Morgan fingerprint density at radius 3 is 1.82 bits per heavy atom. The van der Waals surface area contributed by atoms with Gasteiger partial charge in [-0.3, -0.25) is 0 Å². The summed E-state index contributed by atoms with van der Waals surface area (Å²) in [7, 11) is 0. The average Bonchev–Trinajstić information content (AvgIpc) is 2.52. The van der Waals surface area contributed by atoms with E-state index in [9.17, 15) is 4.79 Å². The molecule has 0 fully saturated rings. The largest absolute Gasteiger partial charge is 0.463 e. The van der Waals surface area contributed by atoms with Crippen LogP contribution in [0.25, 0.3) is 0 Å². The van der Waals surface area contributed by atoms with Crippen LogP contribution in [0.15, 0.2) is 12.2 Å². The van der Waals surface area contributed by atoms with Gasteiger partial charge in [0.15, 0.2) is 0 Å². The number of hydrogen-bond donors (Lipinski definition) is 0. The van der Waals surface area contributed by atoms with Crippen molar-refractivity contribution in [1.29, 1.82) is 0 Å². The molecule has 0 unspecified atom stereocenters. The maximum atomic E-state index is 11.5. The summed E-state index contributed by atoms with van der Waals surface area (Å²) in [4.78, 5) is 11.5. The smallest absolute Gasteiger partial charge is 0.330 e. The van der Waals surface area contributed by atoms with E-state index in [1.165, 1.54) is 77.0 Å². The Morgan fingerprint density at radius 1 is 0.727 bits per heavy atom. The summed E-state index contributed by atoms with van der Waals surface area (Å²) in [6.07, 6.45) is 21.1. The number of carbonyl (C=O) groups excluding carboxylic acids is 1. The first-order chi connectivity index (χ1) is 10.8. The molecule has 0 saturated heterocycles. The molecule has 0 aromatic rings. The number of rotatable bonds is 16. The van der Waals surface area contributed by atoms with Crippen LogP contribution in [0.5, 0.6) is 0 Å². The van der Waals surface area contributed by atoms with Crippen molar-refractivity contribution in [2.24, 2.45) is 0 Å². The molecular weight excluding hydrogens is 272 g/mol. The fraction of sp³-hybridized carbons (Fsp3) is 0.850. The third-order valence-electron chi connectivity index (χ3n) is 3.97. The zero-order valence-corrected chi connectivity index (χ0v) is 15.1. The molecule has 0 amide bonds. The maximum absolute atomic E-state index is 11.5. The Morgan fingerprint density at radius 2 is 1.23 bits per heavy atom. The van der Waals surface area contributed by atoms with Crippen molar-refractivity contribution < 1.29 is 9.53 Å². The summed E-state index contributed by atoms with van der Waals surface area (Å²) in [5.41, 5.74) is 0. The van der Waals surface area contributed by atoms with Crippen LogP contribution in [0.2, 0.25) is 0 Å². The molecule has 0 aromatic heterocycles. The summed E-state index contributed by atoms with van der Waals surface area (Å²) in [5, 5.41) is 0. The monoisotopic (exact) mass is 310 g/mol. The van der Waals surface area contributed by atoms with Gasteiger partial charge in [-0.2, -0.15) is 0 Å². The van der Waals surface area contributed by atoms with Gasteiger partial charge in [0.1, 0.15) is 0 Å². The predicted molar refractivity (Wildman–Crippen MR) is 96.1 cm³/mol. The minimum absolute atomic E-state index is 0.170. The number of unbranched alkanes of at least 4 members (excludes halogenated alkanes) is 12. The Labute approximate surface area is 138 Å². The van der Waals surface area contributed by atoms with E-state index >= 15 is 0 Å². The number of ether oxygens (including phenoxy) is 1. The lowest BCUT2D eigenvalue weighted by atomic mass is 10.1. The molecule has 0 spiro atoms. The van der Waals surface area contributed by atoms with Gasteiger partial charge in [-0.1, -0.05) is 90.6 Å². The molecule has 0 radical (unpaired) electrons. The third kappa shape index (κ3) is 17.3. The zero-order valence-electron chi connectivity index (χ0n) is 15.1. The molecule has 0 aromatic carbocycles. The Hall–Kier alpha value is -0.790. The molecule has 0 saturated carbocycles. The molecule has 0 aliphatic rings. The summed E-state index contributed by atoms with van der Waals surface area (Å²) in [5.74, 6) is -0.170. The third-order valence-corrected chi connectivity index (χ3v) is 3.97. The second kappa shape index (κ2) is 18.3. The minimum Gasteiger partial charge on any atom is -0.463 e. The Kier molecular flexibility index (Phi) is 17.6. The molecule has 0 rings (SSSR count). The maximum Gasteiger partial charge on any atom is 0.330 e. The Balaban J connectivity index is 3.24. The molecule has 0 heterocycles. The highest BCUT2D eigenvalue weighted by Crippen LogP contribution is 2.08. The Bertz CT molecular complexity index is 258. The van der Waals surface area contributed by atoms with Crippen LogP contribution in [-0.2, 0) is 9.53 Å². The van der Waals surface area contributed by atoms with E-state index in [0.29, 0.717) is 6.61 Å². The normalized spacial score (nSPS) is 11.2. The van der Waals surface area contributed by atoms with Crippen molar-refractivity contribution >= 4 is 5.97 Å². The number of esters is 1. The van der Waals surface area contributed by atoms with E-state index in [-0.39, 0.29) is 5.97 Å². The fourth-order valence-electron chi connectivity index (χ4n) is 2.50. The topological polar surface area (TPSA) is 26.3 Å². The first kappa shape index (κ1) is 21.2. The van der Waals surface area contributed by atoms with Crippen molar-refractivity contribution in [3.63, 3.8) is 0 Å². The molecule has 0 aliphatic heterocycles. The lowest BCUT2D eigenvalue weighted by Crippen LogP contribution is -2.02. The summed E-state index contributed by atoms with van der Waals surface area (Å²) < 4.78 is 5.21. The molecule has 2 nitrogen and oxygen atoms in total. The van der Waals surface area contributed by atoms with Gasteiger partial charge in [-0.15, -0.1) is 0 Å². The van der Waals surface area contributed by atoms with Crippen molar-refractivity contribution in [3.05, 3.63) is 12.2 Å². The van der Waals surface area contributed by atoms with Crippen molar-refractivity contribution in [1.82, 2.24) is 0 Å². The van der Waals surface area contributed by atoms with Gasteiger partial charge in [0.05, 0.1) is 6.61 Å². The van der Waals surface area contributed by atoms with Crippen molar-refractivity contribution in [2.75, 3.05) is 6.61 Å². The van der Waals surface area contributed by atoms with Crippen LogP contribution in [0.3, 0.4) is 0 Å². The first-order valence-corrected chi connectivity index (χ1v) is 9.64. The van der Waals surface area contributed by atoms with Gasteiger partial charge in [0.25, 0.3) is 0 Å². The second-order valence-electron chi connectivity index (χ2n) is 6.25. The van der Waals surface area contributed by atoms with E-state index in [1.54, 1.807) is 6.08 Å². The molecule has 2 heteroatoms. The van der Waals surface area contributed by atoms with Gasteiger partial charge in [-0.05, 0) is 19.3 Å². The molecule has 22 heavy (non-hydrogen) atoms. The van der Waals surface area contributed by atoms with E-state index in [4.69, 9.17) is 4.74 Å². The van der Waals surface area contributed by atoms with Crippen LogP contribution < -0.4 is 0 Å². The van der Waals surface area contributed by atoms with Gasteiger partial charge in [0, 0.05) is 6.08 Å². The highest BCUT2D eigenvalue weighted by Gasteiger charge is 1.97. The minimum atomic E-state index is -0.170. The van der Waals surface area contributed by atoms with E-state index in [0.717, 1.165) is 12.8 Å². The van der Waals surface area contributed by atoms with E-state index in [1.807, 2.05) is 6.08 Å². The highest BCUT2D eigenvalue weighted by atomic mass is 16.5. The van der Waals surface area contributed by atoms with E-state index in [2.05, 4.69) is 13.8 Å². The molecule has 130 valence electrons. The standard InChI is InChI=1S/C20H38O2/c1-3-5-7-9-11-13-15-17-19-22-20(21)18-16-14-12-10-8-6-4-2/h16,18H,3-15,17,19H2,1-2H3/b18-16+. The van der Waals surface area contributed by atoms with Gasteiger partial charge in [0.2, 0.25) is 0 Å². The van der Waals surface area contributed by atoms with Crippen molar-refractivity contribution in [3.8, 4) is 0 Å². The zero-order chi connectivity index (χ0) is 16.3. The van der Waals surface area contributed by atoms with E-state index < -0.39 is 0 Å². The summed E-state index contributed by atoms with van der Waals surface area (Å²) in [6, 6.07) is 0. The number of hydrogen-bond acceptors (Lipinski definition) is 2. The lowest BCUT2D eigenvalue weighted by molar-refractivity contribution is -0.137. The predicted octanol–water partition coefficient (Wildman–Crippen LogP) is 6.59. The summed E-state index contributed by atoms with van der Waals surface area (Å²) >= 11 is 0. The first-order valence-electron chi connectivity index (χ1n) is 9.64. The van der Waals surface area contributed by atoms with Crippen LogP contribution in [0.4, 0.5) is 0 Å². The number of allylic oxidation sites excluding steroid dienone is 1.